The quantitative estimate of drug-likeness (QED) is 0.670. The molecule has 0 aliphatic heterocycles. The number of Topliss-reactive ketones (excluding diaryl/α,β-unsaturated/α-hetero) is 1. The average Bonchev–Trinajstić information content (AvgIpc) is 2.04. The van der Waals surface area contributed by atoms with Gasteiger partial charge in [0, 0.05) is 22.2 Å². The Labute approximate surface area is 95.8 Å². The lowest BCUT2D eigenvalue weighted by molar-refractivity contribution is -0.113. The maximum atomic E-state index is 11.9. The van der Waals surface area contributed by atoms with E-state index >= 15 is 0 Å². The average molecular weight is 235 g/mol. The standard InChI is InChI=1S/C11H16Cl2O/c1-7(2)9(5-12)11(14)10(6-13)8(3)4/h5-8H,1-4H3. The van der Waals surface area contributed by atoms with Gasteiger partial charge in [-0.05, 0) is 11.8 Å². The minimum atomic E-state index is -0.0556. The third-order valence-corrected chi connectivity index (χ3v) is 2.47. The molecule has 1 nitrogen and oxygen atoms in total. The van der Waals surface area contributed by atoms with Crippen molar-refractivity contribution in [1.29, 1.82) is 0 Å². The first-order valence-electron chi connectivity index (χ1n) is 4.60. The summed E-state index contributed by atoms with van der Waals surface area (Å²) in [6, 6.07) is 0. The lowest BCUT2D eigenvalue weighted by atomic mass is 9.91. The number of allylic oxidation sites excluding steroid dienone is 2. The number of halogens is 2. The van der Waals surface area contributed by atoms with E-state index in [-0.39, 0.29) is 17.6 Å². The lowest BCUT2D eigenvalue weighted by Gasteiger charge is -2.13. The molecule has 0 aromatic heterocycles. The Hall–Kier alpha value is -0.270. The van der Waals surface area contributed by atoms with E-state index in [2.05, 4.69) is 0 Å². The Kier molecular flexibility index (Phi) is 6.14. The van der Waals surface area contributed by atoms with Gasteiger partial charge in [0.05, 0.1) is 0 Å². The Morgan fingerprint density at radius 3 is 1.36 bits per heavy atom. The molecule has 0 N–H and O–H groups in total. The van der Waals surface area contributed by atoms with Gasteiger partial charge < -0.3 is 0 Å². The summed E-state index contributed by atoms with van der Waals surface area (Å²) in [6.07, 6.45) is 0. The number of carbonyl (C=O) groups is 1. The molecule has 0 saturated carbocycles. The van der Waals surface area contributed by atoms with Crippen LogP contribution in [-0.4, -0.2) is 5.78 Å². The van der Waals surface area contributed by atoms with Crippen molar-refractivity contribution in [3.8, 4) is 0 Å². The van der Waals surface area contributed by atoms with Gasteiger partial charge in [-0.25, -0.2) is 0 Å². The summed E-state index contributed by atoms with van der Waals surface area (Å²) in [4.78, 5) is 11.9. The SMILES string of the molecule is CC(C)C(=CCl)C(=O)C(=CCl)C(C)C. The van der Waals surface area contributed by atoms with E-state index in [0.717, 1.165) is 0 Å². The molecule has 0 aliphatic rings. The molecule has 0 bridgehead atoms. The fourth-order valence-electron chi connectivity index (χ4n) is 1.04. The minimum Gasteiger partial charge on any atom is -0.289 e. The number of carbonyl (C=O) groups excluding carboxylic acids is 1. The van der Waals surface area contributed by atoms with E-state index in [1.54, 1.807) is 0 Å². The molecule has 0 saturated heterocycles. The highest BCUT2D eigenvalue weighted by atomic mass is 35.5. The third-order valence-electron chi connectivity index (χ3n) is 2.00. The van der Waals surface area contributed by atoms with Crippen LogP contribution in [0.1, 0.15) is 27.7 Å². The van der Waals surface area contributed by atoms with Crippen LogP contribution in [0.5, 0.6) is 0 Å². The predicted octanol–water partition coefficient (Wildman–Crippen LogP) is 4.11. The van der Waals surface area contributed by atoms with Crippen molar-refractivity contribution < 1.29 is 4.79 Å². The molecule has 0 unspecified atom stereocenters. The molecule has 0 fully saturated rings. The summed E-state index contributed by atoms with van der Waals surface area (Å²) < 4.78 is 0. The van der Waals surface area contributed by atoms with Crippen molar-refractivity contribution in [2.75, 3.05) is 0 Å². The summed E-state index contributed by atoms with van der Waals surface area (Å²) in [5.41, 5.74) is 3.89. The topological polar surface area (TPSA) is 17.1 Å². The van der Waals surface area contributed by atoms with Crippen LogP contribution >= 0.6 is 23.2 Å². The first-order chi connectivity index (χ1) is 6.45. The van der Waals surface area contributed by atoms with Crippen LogP contribution < -0.4 is 0 Å². The summed E-state index contributed by atoms with van der Waals surface area (Å²) in [5, 5.41) is 0. The predicted molar refractivity (Wildman–Crippen MR) is 62.6 cm³/mol. The molecule has 0 atom stereocenters. The fraction of sp³-hybridized carbons (Fsp3) is 0.545. The summed E-state index contributed by atoms with van der Waals surface area (Å²) in [6.45, 7) is 7.72. The van der Waals surface area contributed by atoms with Crippen molar-refractivity contribution in [2.45, 2.75) is 27.7 Å². The smallest absolute Gasteiger partial charge is 0.187 e. The number of ketones is 1. The summed E-state index contributed by atoms with van der Waals surface area (Å²) in [5.74, 6) is 0.177. The number of hydrogen-bond acceptors (Lipinski definition) is 1. The largest absolute Gasteiger partial charge is 0.289 e. The highest BCUT2D eigenvalue weighted by Gasteiger charge is 2.19. The maximum absolute atomic E-state index is 11.9. The van der Waals surface area contributed by atoms with Crippen molar-refractivity contribution in [2.24, 2.45) is 11.8 Å². The monoisotopic (exact) mass is 234 g/mol. The van der Waals surface area contributed by atoms with Crippen molar-refractivity contribution >= 4 is 29.0 Å². The van der Waals surface area contributed by atoms with Crippen LogP contribution in [0.4, 0.5) is 0 Å². The Morgan fingerprint density at radius 2 is 1.21 bits per heavy atom. The lowest BCUT2D eigenvalue weighted by Crippen LogP contribution is -2.14. The molecule has 0 heterocycles. The zero-order valence-corrected chi connectivity index (χ0v) is 10.5. The first-order valence-corrected chi connectivity index (χ1v) is 5.48. The zero-order chi connectivity index (χ0) is 11.3. The van der Waals surface area contributed by atoms with Crippen LogP contribution in [-0.2, 0) is 4.79 Å². The first kappa shape index (κ1) is 13.7. The molecule has 0 aromatic rings. The minimum absolute atomic E-state index is 0.0556. The van der Waals surface area contributed by atoms with Crippen LogP contribution in [0.15, 0.2) is 22.2 Å². The maximum Gasteiger partial charge on any atom is 0.187 e. The Balaban J connectivity index is 4.94. The fourth-order valence-corrected chi connectivity index (χ4v) is 1.74. The molecular weight excluding hydrogens is 219 g/mol. The number of rotatable bonds is 4. The second-order valence-corrected chi connectivity index (χ2v) is 4.20. The molecule has 0 spiro atoms. The van der Waals surface area contributed by atoms with Gasteiger partial charge in [-0.2, -0.15) is 0 Å². The van der Waals surface area contributed by atoms with Gasteiger partial charge in [0.2, 0.25) is 0 Å². The molecule has 0 aromatic carbocycles. The van der Waals surface area contributed by atoms with Gasteiger partial charge in [0.15, 0.2) is 5.78 Å². The van der Waals surface area contributed by atoms with Gasteiger partial charge in [0.1, 0.15) is 0 Å². The van der Waals surface area contributed by atoms with Crippen molar-refractivity contribution in [1.82, 2.24) is 0 Å². The van der Waals surface area contributed by atoms with Crippen molar-refractivity contribution in [3.05, 3.63) is 22.2 Å². The normalized spacial score (nSPS) is 14.0. The van der Waals surface area contributed by atoms with E-state index < -0.39 is 0 Å². The highest BCUT2D eigenvalue weighted by molar-refractivity contribution is 6.31. The summed E-state index contributed by atoms with van der Waals surface area (Å²) in [7, 11) is 0. The molecule has 80 valence electrons. The van der Waals surface area contributed by atoms with Crippen molar-refractivity contribution in [3.63, 3.8) is 0 Å². The molecule has 0 rings (SSSR count). The van der Waals surface area contributed by atoms with Gasteiger partial charge in [0.25, 0.3) is 0 Å². The van der Waals surface area contributed by atoms with Gasteiger partial charge >= 0.3 is 0 Å². The third kappa shape index (κ3) is 3.47. The Bertz CT molecular complexity index is 236. The molecule has 3 heteroatoms. The second-order valence-electron chi connectivity index (χ2n) is 3.77. The van der Waals surface area contributed by atoms with Crippen LogP contribution in [0.2, 0.25) is 0 Å². The van der Waals surface area contributed by atoms with Gasteiger partial charge in [-0.15, -0.1) is 0 Å². The van der Waals surface area contributed by atoms with E-state index in [1.807, 2.05) is 27.7 Å². The molecular formula is C11H16Cl2O. The van der Waals surface area contributed by atoms with Crippen LogP contribution in [0.25, 0.3) is 0 Å². The zero-order valence-electron chi connectivity index (χ0n) is 8.97. The van der Waals surface area contributed by atoms with E-state index in [9.17, 15) is 4.79 Å². The van der Waals surface area contributed by atoms with Crippen LogP contribution in [0, 0.1) is 11.8 Å². The molecule has 0 radical (unpaired) electrons. The molecule has 0 aliphatic carbocycles. The van der Waals surface area contributed by atoms with E-state index in [0.29, 0.717) is 11.1 Å². The summed E-state index contributed by atoms with van der Waals surface area (Å²) >= 11 is 11.2. The molecule has 0 amide bonds. The van der Waals surface area contributed by atoms with Gasteiger partial charge in [-0.1, -0.05) is 50.9 Å². The van der Waals surface area contributed by atoms with E-state index in [4.69, 9.17) is 23.2 Å². The van der Waals surface area contributed by atoms with Crippen LogP contribution in [0.3, 0.4) is 0 Å². The number of hydrogen-bond donors (Lipinski definition) is 0. The molecule has 14 heavy (non-hydrogen) atoms. The van der Waals surface area contributed by atoms with Gasteiger partial charge in [-0.3, -0.25) is 4.79 Å². The van der Waals surface area contributed by atoms with E-state index in [1.165, 1.54) is 11.1 Å². The second kappa shape index (κ2) is 6.26. The highest BCUT2D eigenvalue weighted by Crippen LogP contribution is 2.21. The Morgan fingerprint density at radius 1 is 0.929 bits per heavy atom.